The molecule has 1 N–H and O–H groups in total. The van der Waals surface area contributed by atoms with Crippen LogP contribution in [0.25, 0.3) is 0 Å². The van der Waals surface area contributed by atoms with Crippen molar-refractivity contribution in [2.45, 2.75) is 39.7 Å². The predicted octanol–water partition coefficient (Wildman–Crippen LogP) is 3.12. The summed E-state index contributed by atoms with van der Waals surface area (Å²) in [6.07, 6.45) is 1.47. The molecule has 1 aromatic carbocycles. The first-order valence-electron chi connectivity index (χ1n) is 8.90. The molecule has 1 atom stereocenters. The molecule has 0 bridgehead atoms. The summed E-state index contributed by atoms with van der Waals surface area (Å²) in [5.74, 6) is 1.08. The number of amides is 2. The summed E-state index contributed by atoms with van der Waals surface area (Å²) in [5.41, 5.74) is 0.392. The SMILES string of the molecule is COc1cc(C(=O)N[C@H](C)CN2CCCC2=O)cc(Cl)c1OCC(C)C. The lowest BCUT2D eigenvalue weighted by atomic mass is 10.1. The maximum Gasteiger partial charge on any atom is 0.251 e. The van der Waals surface area contributed by atoms with Gasteiger partial charge in [0.25, 0.3) is 5.91 Å². The van der Waals surface area contributed by atoms with Crippen LogP contribution < -0.4 is 14.8 Å². The maximum absolute atomic E-state index is 12.5. The molecule has 1 heterocycles. The smallest absolute Gasteiger partial charge is 0.251 e. The van der Waals surface area contributed by atoms with Gasteiger partial charge in [-0.3, -0.25) is 9.59 Å². The van der Waals surface area contributed by atoms with E-state index in [2.05, 4.69) is 5.32 Å². The van der Waals surface area contributed by atoms with Crippen LogP contribution >= 0.6 is 11.6 Å². The van der Waals surface area contributed by atoms with Crippen molar-refractivity contribution in [3.63, 3.8) is 0 Å². The predicted molar refractivity (Wildman–Crippen MR) is 101 cm³/mol. The number of carbonyl (C=O) groups is 2. The Morgan fingerprint density at radius 2 is 2.08 bits per heavy atom. The first-order chi connectivity index (χ1) is 12.3. The van der Waals surface area contributed by atoms with Crippen LogP contribution in [0.1, 0.15) is 44.0 Å². The quantitative estimate of drug-likeness (QED) is 0.750. The maximum atomic E-state index is 12.5. The summed E-state index contributed by atoms with van der Waals surface area (Å²) in [6.45, 7) is 7.71. The van der Waals surface area contributed by atoms with Gasteiger partial charge >= 0.3 is 0 Å². The fourth-order valence-corrected chi connectivity index (χ4v) is 3.09. The lowest BCUT2D eigenvalue weighted by molar-refractivity contribution is -0.127. The average Bonchev–Trinajstić information content (AvgIpc) is 2.97. The van der Waals surface area contributed by atoms with Gasteiger partial charge in [0, 0.05) is 31.1 Å². The summed E-state index contributed by atoms with van der Waals surface area (Å²) < 4.78 is 11.0. The third-order valence-corrected chi connectivity index (χ3v) is 4.38. The highest BCUT2D eigenvalue weighted by molar-refractivity contribution is 6.32. The Balaban J connectivity index is 2.05. The van der Waals surface area contributed by atoms with Crippen molar-refractivity contribution in [2.24, 2.45) is 5.92 Å². The number of hydrogen-bond acceptors (Lipinski definition) is 4. The molecule has 0 saturated carbocycles. The van der Waals surface area contributed by atoms with Gasteiger partial charge in [-0.2, -0.15) is 0 Å². The summed E-state index contributed by atoms with van der Waals surface area (Å²) >= 11 is 6.30. The van der Waals surface area contributed by atoms with E-state index in [1.54, 1.807) is 17.0 Å². The largest absolute Gasteiger partial charge is 0.493 e. The van der Waals surface area contributed by atoms with E-state index in [0.29, 0.717) is 47.6 Å². The zero-order valence-corrected chi connectivity index (χ0v) is 16.6. The van der Waals surface area contributed by atoms with E-state index in [9.17, 15) is 9.59 Å². The van der Waals surface area contributed by atoms with Gasteiger partial charge in [0.2, 0.25) is 5.91 Å². The third kappa shape index (κ3) is 5.27. The normalized spacial score (nSPS) is 15.3. The Bertz CT molecular complexity index is 663. The zero-order chi connectivity index (χ0) is 19.3. The van der Waals surface area contributed by atoms with E-state index < -0.39 is 0 Å². The average molecular weight is 383 g/mol. The van der Waals surface area contributed by atoms with Gasteiger partial charge < -0.3 is 19.7 Å². The van der Waals surface area contributed by atoms with E-state index in [4.69, 9.17) is 21.1 Å². The first-order valence-corrected chi connectivity index (χ1v) is 9.28. The van der Waals surface area contributed by atoms with E-state index in [0.717, 1.165) is 13.0 Å². The van der Waals surface area contributed by atoms with Gasteiger partial charge in [-0.25, -0.2) is 0 Å². The van der Waals surface area contributed by atoms with Crippen LogP contribution in [0.4, 0.5) is 0 Å². The number of rotatable bonds is 8. The standard InChI is InChI=1S/C19H27ClN2O4/c1-12(2)11-26-18-15(20)8-14(9-16(18)25-4)19(24)21-13(3)10-22-7-5-6-17(22)23/h8-9,12-13H,5-7,10-11H2,1-4H3,(H,21,24)/t13-/m1/s1. The van der Waals surface area contributed by atoms with E-state index in [-0.39, 0.29) is 17.9 Å². The molecule has 2 amide bonds. The molecule has 144 valence electrons. The Hall–Kier alpha value is -1.95. The summed E-state index contributed by atoms with van der Waals surface area (Å²) in [5, 5.41) is 3.24. The molecule has 0 aromatic heterocycles. The number of likely N-dealkylation sites (tertiary alicyclic amines) is 1. The number of carbonyl (C=O) groups excluding carboxylic acids is 2. The van der Waals surface area contributed by atoms with Crippen LogP contribution in [0.2, 0.25) is 5.02 Å². The number of nitrogens with zero attached hydrogens (tertiary/aromatic N) is 1. The van der Waals surface area contributed by atoms with Crippen molar-refractivity contribution >= 4 is 23.4 Å². The highest BCUT2D eigenvalue weighted by Gasteiger charge is 2.23. The lowest BCUT2D eigenvalue weighted by Gasteiger charge is -2.22. The fourth-order valence-electron chi connectivity index (χ4n) is 2.82. The van der Waals surface area contributed by atoms with Crippen molar-refractivity contribution in [2.75, 3.05) is 26.8 Å². The Morgan fingerprint density at radius 3 is 2.65 bits per heavy atom. The molecular weight excluding hydrogens is 356 g/mol. The molecule has 1 aromatic rings. The van der Waals surface area contributed by atoms with Crippen LogP contribution in [0, 0.1) is 5.92 Å². The molecule has 6 nitrogen and oxygen atoms in total. The number of benzene rings is 1. The van der Waals surface area contributed by atoms with Crippen molar-refractivity contribution in [1.82, 2.24) is 10.2 Å². The van der Waals surface area contributed by atoms with Gasteiger partial charge in [-0.15, -0.1) is 0 Å². The summed E-state index contributed by atoms with van der Waals surface area (Å²) in [7, 11) is 1.51. The van der Waals surface area contributed by atoms with Crippen LogP contribution in [0.5, 0.6) is 11.5 Å². The summed E-state index contributed by atoms with van der Waals surface area (Å²) in [4.78, 5) is 26.0. The van der Waals surface area contributed by atoms with Crippen LogP contribution in [-0.4, -0.2) is 49.6 Å². The molecule has 0 spiro atoms. The number of nitrogens with one attached hydrogen (secondary N) is 1. The number of ether oxygens (including phenoxy) is 2. The molecule has 0 aliphatic carbocycles. The molecule has 1 aliphatic heterocycles. The van der Waals surface area contributed by atoms with Crippen LogP contribution in [-0.2, 0) is 4.79 Å². The zero-order valence-electron chi connectivity index (χ0n) is 15.8. The molecule has 0 unspecified atom stereocenters. The molecule has 2 rings (SSSR count). The topological polar surface area (TPSA) is 67.9 Å². The molecule has 26 heavy (non-hydrogen) atoms. The van der Waals surface area contributed by atoms with Gasteiger partial charge in [0.1, 0.15) is 0 Å². The summed E-state index contributed by atoms with van der Waals surface area (Å²) in [6, 6.07) is 3.03. The number of halogens is 1. The number of hydrogen-bond donors (Lipinski definition) is 1. The monoisotopic (exact) mass is 382 g/mol. The van der Waals surface area contributed by atoms with Crippen molar-refractivity contribution in [3.05, 3.63) is 22.7 Å². The second-order valence-electron chi connectivity index (χ2n) is 7.01. The second-order valence-corrected chi connectivity index (χ2v) is 7.42. The van der Waals surface area contributed by atoms with Crippen LogP contribution in [0.3, 0.4) is 0 Å². The Kier molecular flexibility index (Phi) is 7.14. The minimum absolute atomic E-state index is 0.141. The van der Waals surface area contributed by atoms with Gasteiger partial charge in [-0.05, 0) is 31.4 Å². The first kappa shape index (κ1) is 20.4. The number of methoxy groups -OCH3 is 1. The molecule has 1 fully saturated rings. The fraction of sp³-hybridized carbons (Fsp3) is 0.579. The molecule has 1 aliphatic rings. The van der Waals surface area contributed by atoms with Crippen molar-refractivity contribution < 1.29 is 19.1 Å². The Morgan fingerprint density at radius 1 is 1.35 bits per heavy atom. The van der Waals surface area contributed by atoms with Crippen LogP contribution in [0.15, 0.2) is 12.1 Å². The van der Waals surface area contributed by atoms with Crippen molar-refractivity contribution in [1.29, 1.82) is 0 Å². The molecular formula is C19H27ClN2O4. The van der Waals surface area contributed by atoms with E-state index in [1.165, 1.54) is 7.11 Å². The third-order valence-electron chi connectivity index (χ3n) is 4.10. The minimum Gasteiger partial charge on any atom is -0.493 e. The molecule has 1 saturated heterocycles. The lowest BCUT2D eigenvalue weighted by Crippen LogP contribution is -2.42. The van der Waals surface area contributed by atoms with Gasteiger partial charge in [-0.1, -0.05) is 25.4 Å². The van der Waals surface area contributed by atoms with Gasteiger partial charge in [0.15, 0.2) is 11.5 Å². The van der Waals surface area contributed by atoms with Gasteiger partial charge in [0.05, 0.1) is 18.7 Å². The van der Waals surface area contributed by atoms with E-state index in [1.807, 2.05) is 20.8 Å². The molecule has 7 heteroatoms. The highest BCUT2D eigenvalue weighted by atomic mass is 35.5. The molecule has 0 radical (unpaired) electrons. The van der Waals surface area contributed by atoms with E-state index >= 15 is 0 Å². The minimum atomic E-state index is -0.264. The van der Waals surface area contributed by atoms with Crippen molar-refractivity contribution in [3.8, 4) is 11.5 Å². The second kappa shape index (κ2) is 9.12. The Labute approximate surface area is 159 Å². The highest BCUT2D eigenvalue weighted by Crippen LogP contribution is 2.36.